The van der Waals surface area contributed by atoms with E-state index in [-0.39, 0.29) is 5.97 Å². The van der Waals surface area contributed by atoms with Crippen molar-refractivity contribution in [3.63, 3.8) is 0 Å². The summed E-state index contributed by atoms with van der Waals surface area (Å²) in [4.78, 5) is 11.4. The summed E-state index contributed by atoms with van der Waals surface area (Å²) in [6.07, 6.45) is 2.46. The second-order valence-corrected chi connectivity index (χ2v) is 4.87. The van der Waals surface area contributed by atoms with Gasteiger partial charge < -0.3 is 10.1 Å². The standard InChI is InChI=1S/C13H15BrClNO2/c1-3-9(13(17)18-2)6-7-16-12-8-10(15)4-5-11(12)14/h4-6,8,16H,3,7H2,1-2H3/b9-6-. The Hall–Kier alpha value is -1.00. The number of methoxy groups -OCH3 is 1. The van der Waals surface area contributed by atoms with E-state index in [1.54, 1.807) is 6.07 Å². The third kappa shape index (κ3) is 4.35. The Balaban J connectivity index is 2.67. The number of ether oxygens (including phenoxy) is 1. The Morgan fingerprint density at radius 2 is 2.28 bits per heavy atom. The van der Waals surface area contributed by atoms with Crippen LogP contribution < -0.4 is 5.32 Å². The Kier molecular flexibility index (Phi) is 6.22. The van der Waals surface area contributed by atoms with Gasteiger partial charge in [-0.1, -0.05) is 24.6 Å². The molecule has 3 nitrogen and oxygen atoms in total. The summed E-state index contributed by atoms with van der Waals surface area (Å²) in [6.45, 7) is 2.45. The van der Waals surface area contributed by atoms with Crippen LogP contribution in [-0.2, 0) is 9.53 Å². The van der Waals surface area contributed by atoms with Gasteiger partial charge in [-0.3, -0.25) is 0 Å². The number of hydrogen-bond donors (Lipinski definition) is 1. The lowest BCUT2D eigenvalue weighted by Gasteiger charge is -2.08. The Morgan fingerprint density at radius 3 is 2.89 bits per heavy atom. The highest BCUT2D eigenvalue weighted by Crippen LogP contribution is 2.25. The summed E-state index contributed by atoms with van der Waals surface area (Å²) in [7, 11) is 1.38. The first-order valence-corrected chi connectivity index (χ1v) is 6.71. The van der Waals surface area contributed by atoms with Crippen LogP contribution in [0.15, 0.2) is 34.3 Å². The van der Waals surface area contributed by atoms with Crippen LogP contribution in [-0.4, -0.2) is 19.6 Å². The van der Waals surface area contributed by atoms with Gasteiger partial charge in [-0.25, -0.2) is 4.79 Å². The maximum Gasteiger partial charge on any atom is 0.333 e. The van der Waals surface area contributed by atoms with Crippen LogP contribution >= 0.6 is 27.5 Å². The van der Waals surface area contributed by atoms with E-state index in [1.807, 2.05) is 25.1 Å². The van der Waals surface area contributed by atoms with Gasteiger partial charge in [0.25, 0.3) is 0 Å². The zero-order chi connectivity index (χ0) is 13.5. The molecule has 0 amide bonds. The number of halogens is 2. The normalized spacial score (nSPS) is 11.2. The van der Waals surface area contributed by atoms with Crippen molar-refractivity contribution in [1.29, 1.82) is 0 Å². The fraction of sp³-hybridized carbons (Fsp3) is 0.308. The average Bonchev–Trinajstić information content (AvgIpc) is 2.37. The molecule has 0 aliphatic rings. The zero-order valence-corrected chi connectivity index (χ0v) is 12.6. The second kappa shape index (κ2) is 7.44. The molecule has 1 aromatic carbocycles. The van der Waals surface area contributed by atoms with Gasteiger partial charge in [-0.15, -0.1) is 0 Å². The lowest BCUT2D eigenvalue weighted by molar-refractivity contribution is -0.136. The predicted molar refractivity (Wildman–Crippen MR) is 78.0 cm³/mol. The molecule has 0 bridgehead atoms. The largest absolute Gasteiger partial charge is 0.466 e. The quantitative estimate of drug-likeness (QED) is 0.653. The van der Waals surface area contributed by atoms with Gasteiger partial charge in [-0.05, 0) is 40.5 Å². The van der Waals surface area contributed by atoms with Gasteiger partial charge in [0, 0.05) is 21.6 Å². The van der Waals surface area contributed by atoms with Crippen molar-refractivity contribution in [2.45, 2.75) is 13.3 Å². The summed E-state index contributed by atoms with van der Waals surface area (Å²) < 4.78 is 5.61. The summed E-state index contributed by atoms with van der Waals surface area (Å²) in [6, 6.07) is 5.50. The van der Waals surface area contributed by atoms with Crippen molar-refractivity contribution in [2.24, 2.45) is 0 Å². The van der Waals surface area contributed by atoms with Crippen LogP contribution in [0.4, 0.5) is 5.69 Å². The van der Waals surface area contributed by atoms with Gasteiger partial charge in [0.15, 0.2) is 0 Å². The van der Waals surface area contributed by atoms with Crippen molar-refractivity contribution in [1.82, 2.24) is 0 Å². The van der Waals surface area contributed by atoms with Crippen molar-refractivity contribution >= 4 is 39.2 Å². The van der Waals surface area contributed by atoms with Crippen LogP contribution in [0.25, 0.3) is 0 Å². The number of carbonyl (C=O) groups is 1. The van der Waals surface area contributed by atoms with E-state index >= 15 is 0 Å². The molecule has 18 heavy (non-hydrogen) atoms. The molecule has 1 N–H and O–H groups in total. The van der Waals surface area contributed by atoms with Crippen LogP contribution in [0.2, 0.25) is 5.02 Å². The van der Waals surface area contributed by atoms with Crippen LogP contribution in [0.5, 0.6) is 0 Å². The zero-order valence-electron chi connectivity index (χ0n) is 10.3. The fourth-order valence-corrected chi connectivity index (χ4v) is 1.98. The number of carbonyl (C=O) groups excluding carboxylic acids is 1. The summed E-state index contributed by atoms with van der Waals surface area (Å²) in [5.74, 6) is -0.288. The lowest BCUT2D eigenvalue weighted by Crippen LogP contribution is -2.07. The van der Waals surface area contributed by atoms with Gasteiger partial charge in [0.1, 0.15) is 0 Å². The molecular weight excluding hydrogens is 318 g/mol. The van der Waals surface area contributed by atoms with Crippen molar-refractivity contribution < 1.29 is 9.53 Å². The van der Waals surface area contributed by atoms with Crippen molar-refractivity contribution in [3.05, 3.63) is 39.3 Å². The van der Waals surface area contributed by atoms with E-state index in [0.717, 1.165) is 10.2 Å². The number of rotatable bonds is 5. The highest BCUT2D eigenvalue weighted by atomic mass is 79.9. The van der Waals surface area contributed by atoms with Crippen LogP contribution in [0.3, 0.4) is 0 Å². The first-order valence-electron chi connectivity index (χ1n) is 5.54. The van der Waals surface area contributed by atoms with Crippen LogP contribution in [0.1, 0.15) is 13.3 Å². The average molecular weight is 333 g/mol. The molecule has 0 aliphatic heterocycles. The fourth-order valence-electron chi connectivity index (χ4n) is 1.42. The lowest BCUT2D eigenvalue weighted by atomic mass is 10.2. The van der Waals surface area contributed by atoms with Crippen molar-refractivity contribution in [2.75, 3.05) is 19.0 Å². The highest BCUT2D eigenvalue weighted by Gasteiger charge is 2.06. The molecular formula is C13H15BrClNO2. The first-order chi connectivity index (χ1) is 8.58. The highest BCUT2D eigenvalue weighted by molar-refractivity contribution is 9.10. The monoisotopic (exact) mass is 331 g/mol. The minimum absolute atomic E-state index is 0.288. The topological polar surface area (TPSA) is 38.3 Å². The Morgan fingerprint density at radius 1 is 1.56 bits per heavy atom. The minimum Gasteiger partial charge on any atom is -0.466 e. The van der Waals surface area contributed by atoms with Gasteiger partial charge in [0.2, 0.25) is 0 Å². The molecule has 0 fully saturated rings. The Labute approximate surface area is 120 Å². The maximum atomic E-state index is 11.4. The molecule has 0 aromatic heterocycles. The van der Waals surface area contributed by atoms with E-state index in [1.165, 1.54) is 7.11 Å². The third-order valence-corrected chi connectivity index (χ3v) is 3.32. The third-order valence-electron chi connectivity index (χ3n) is 2.40. The number of benzene rings is 1. The van der Waals surface area contributed by atoms with E-state index < -0.39 is 0 Å². The SMILES string of the molecule is CC/C(=C/CNc1cc(Cl)ccc1Br)C(=O)OC. The molecule has 0 aliphatic carbocycles. The summed E-state index contributed by atoms with van der Waals surface area (Å²) >= 11 is 9.33. The van der Waals surface area contributed by atoms with Gasteiger partial charge in [0.05, 0.1) is 12.8 Å². The molecule has 5 heteroatoms. The van der Waals surface area contributed by atoms with Gasteiger partial charge >= 0.3 is 5.97 Å². The van der Waals surface area contributed by atoms with Gasteiger partial charge in [-0.2, -0.15) is 0 Å². The molecule has 0 saturated carbocycles. The van der Waals surface area contributed by atoms with Crippen molar-refractivity contribution in [3.8, 4) is 0 Å². The van der Waals surface area contributed by atoms with E-state index in [9.17, 15) is 4.79 Å². The molecule has 0 saturated heterocycles. The molecule has 1 aromatic rings. The number of hydrogen-bond acceptors (Lipinski definition) is 3. The molecule has 0 radical (unpaired) electrons. The summed E-state index contributed by atoms with van der Waals surface area (Å²) in [5.41, 5.74) is 1.54. The summed E-state index contributed by atoms with van der Waals surface area (Å²) in [5, 5.41) is 3.84. The number of esters is 1. The number of nitrogens with one attached hydrogen (secondary N) is 1. The van der Waals surface area contributed by atoms with E-state index in [2.05, 4.69) is 26.0 Å². The molecule has 0 spiro atoms. The van der Waals surface area contributed by atoms with E-state index in [4.69, 9.17) is 11.6 Å². The first kappa shape index (κ1) is 15.1. The molecule has 0 unspecified atom stereocenters. The molecule has 0 heterocycles. The molecule has 1 rings (SSSR count). The predicted octanol–water partition coefficient (Wildman–Crippen LogP) is 4.02. The molecule has 0 atom stereocenters. The van der Waals surface area contributed by atoms with E-state index in [0.29, 0.717) is 23.6 Å². The molecule has 98 valence electrons. The minimum atomic E-state index is -0.288. The maximum absolute atomic E-state index is 11.4. The van der Waals surface area contributed by atoms with Crippen LogP contribution in [0, 0.1) is 0 Å². The smallest absolute Gasteiger partial charge is 0.333 e. The number of anilines is 1. The second-order valence-electron chi connectivity index (χ2n) is 3.58. The Bertz CT molecular complexity index is 460.